The fourth-order valence-corrected chi connectivity index (χ4v) is 1640. The molecule has 60 unspecified atom stereocenters. The fraction of sp³-hybridized carbons (Fsp3) is 0. The summed E-state index contributed by atoms with van der Waals surface area (Å²) < 4.78 is 0. The first-order chi connectivity index (χ1) is 49.6. The first kappa shape index (κ1) is 156. The van der Waals surface area contributed by atoms with E-state index in [0.29, 0.717) is 0 Å². The van der Waals surface area contributed by atoms with Gasteiger partial charge in [-0.2, -0.15) is 0 Å². The summed E-state index contributed by atoms with van der Waals surface area (Å²) in [6.45, 7) is -26.1. The van der Waals surface area contributed by atoms with Gasteiger partial charge < -0.3 is 0 Å². The molecule has 0 N–H and O–H groups in total. The lowest BCUT2D eigenvalue weighted by atomic mass is 28.3. The predicted octanol–water partition coefficient (Wildman–Crippen LogP) is 64.2. The summed E-state index contributed by atoms with van der Waals surface area (Å²) in [5, 5.41) is 0. The third-order valence-electron chi connectivity index (χ3n) is 9.71. The Morgan fingerprint density at radius 2 is 0.147 bits per heavy atom. The molecular weight excluding hydrogens is 3380 g/mol. The SMILES string of the molecule is PPP(P(P)P)P(P(P(P)P)P(P)P)P(P(P(P(P)P)P(P)P)P(P(P)P)P(P)P)P(P(P(P(P)P)P(P)P)P(P(P)P)P(P)P)P(P(P(P(P(P)P)P(P)P)P(P(P)P)P(P)P)P(P(P(P)P)P(P)P)P(P(P)P)P(P)P)P(P(P(P(P)P)P(P)P)P(P(P)P)P(P)P)P(P(P(P)P)P(P)P)P(P(P)P)P(P)P. The molecule has 0 saturated carbocycles. The van der Waals surface area contributed by atoms with Crippen molar-refractivity contribution >= 4 is 869 Å². The van der Waals surface area contributed by atoms with Crippen LogP contribution in [-0.2, 0) is 0 Å². The summed E-state index contributed by atoms with van der Waals surface area (Å²) in [7, 11) is 213. The summed E-state index contributed by atoms with van der Waals surface area (Å²) in [4.78, 5) is 0. The molecule has 60 atom stereocenters. The van der Waals surface area contributed by atoms with Gasteiger partial charge in [0.25, 0.3) is 0 Å². The van der Waals surface area contributed by atoms with Gasteiger partial charge in [0.05, 0.1) is 0 Å². The summed E-state index contributed by atoms with van der Waals surface area (Å²) >= 11 is 0. The zero-order chi connectivity index (χ0) is 86.3. The molecule has 0 aromatic rings. The Bertz CT molecular complexity index is 1890. The fourth-order valence-electron chi connectivity index (χ4n) is 6.75. The Morgan fingerprint density at radius 3 is 0.211 bits per heavy atom. The topological polar surface area (TPSA) is 0 Å². The maximum absolute atomic E-state index is 3.89. The van der Waals surface area contributed by atoms with Crippen molar-refractivity contribution in [2.45, 2.75) is 0 Å². The van der Waals surface area contributed by atoms with Crippen LogP contribution >= 0.6 is 869 Å². The minimum Gasteiger partial charge on any atom is -0.109 e. The summed E-state index contributed by atoms with van der Waals surface area (Å²) in [6.07, 6.45) is 0. The van der Waals surface area contributed by atoms with Crippen LogP contribution in [-0.4, -0.2) is 0 Å². The van der Waals surface area contributed by atoms with Gasteiger partial charge in [0.1, 0.15) is 0 Å². The third-order valence-corrected chi connectivity index (χ3v) is 787. The molecular formula is H111P109. The number of rotatable bonds is 53. The molecule has 0 nitrogen and oxygen atoms in total. The second-order valence-electron chi connectivity index (χ2n) is 17.4. The molecule has 656 valence electrons. The van der Waals surface area contributed by atoms with Crippen LogP contribution in [0, 0.1) is 0 Å². The van der Waals surface area contributed by atoms with Crippen LogP contribution in [0.3, 0.4) is 0 Å². The minimum absolute atomic E-state index is 0.392. The van der Waals surface area contributed by atoms with Gasteiger partial charge in [0.2, 0.25) is 0 Å². The molecule has 0 spiro atoms. The zero-order valence-electron chi connectivity index (χ0n) is 56.0. The van der Waals surface area contributed by atoms with Crippen molar-refractivity contribution in [3.05, 3.63) is 0 Å². The molecule has 109 heteroatoms. The molecule has 0 fully saturated rings. The Morgan fingerprint density at radius 1 is 0.0826 bits per heavy atom. The van der Waals surface area contributed by atoms with Gasteiger partial charge in [-0.1, -0.05) is 7.96 Å². The number of hydrogen-bond donors (Lipinski definition) is 0. The highest BCUT2D eigenvalue weighted by Crippen LogP contribution is 3.56. The Hall–Kier alpha value is 46.9. The third kappa shape index (κ3) is 54.9. The smallest absolute Gasteiger partial charge is 0.000000203 e. The quantitative estimate of drug-likeness (QED) is 0.0533. The molecule has 0 radical (unpaired) electrons. The van der Waals surface area contributed by atoms with Crippen LogP contribution in [0.5, 0.6) is 0 Å². The summed E-state index contributed by atoms with van der Waals surface area (Å²) in [6, 6.07) is 0. The molecule has 0 aliphatic carbocycles. The van der Waals surface area contributed by atoms with E-state index in [2.05, 4.69) is 491 Å². The van der Waals surface area contributed by atoms with Gasteiger partial charge in [-0.05, 0) is 370 Å². The van der Waals surface area contributed by atoms with Crippen LogP contribution in [0.4, 0.5) is 0 Å². The van der Waals surface area contributed by atoms with E-state index in [4.69, 9.17) is 0 Å². The average Bonchev–Trinajstić information content (AvgIpc) is 0.705. The molecule has 0 rings (SSSR count). The van der Waals surface area contributed by atoms with Crippen LogP contribution in [0.2, 0.25) is 0 Å². The first-order valence-electron chi connectivity index (χ1n) is 24.9. The molecule has 0 amide bonds. The average molecular weight is 3490 g/mol. The molecule has 109 heavy (non-hydrogen) atoms. The highest BCUT2D eigenvalue weighted by Gasteiger charge is 2.68. The molecule has 0 saturated heterocycles. The van der Waals surface area contributed by atoms with Gasteiger partial charge in [-0.3, -0.25) is 0 Å². The molecule has 0 aliphatic rings. The van der Waals surface area contributed by atoms with Crippen molar-refractivity contribution in [3.63, 3.8) is 0 Å². The van der Waals surface area contributed by atoms with E-state index < -0.39 is 370 Å². The van der Waals surface area contributed by atoms with Gasteiger partial charge in [0, 0.05) is 0 Å². The van der Waals surface area contributed by atoms with Crippen molar-refractivity contribution in [2.75, 3.05) is 0 Å². The van der Waals surface area contributed by atoms with Gasteiger partial charge in [-0.25, -0.2) is 0 Å². The van der Waals surface area contributed by atoms with Crippen molar-refractivity contribution < 1.29 is 0 Å². The molecule has 0 aliphatic heterocycles. The predicted molar refractivity (Wildman–Crippen MR) is 909 cm³/mol. The largest absolute Gasteiger partial charge is 0.109 e. The second-order valence-corrected chi connectivity index (χ2v) is 469. The van der Waals surface area contributed by atoms with Crippen LogP contribution in [0.25, 0.3) is 0 Å². The first-order valence-corrected chi connectivity index (χ1v) is 224. The van der Waals surface area contributed by atoms with Crippen LogP contribution in [0.1, 0.15) is 0 Å². The molecule has 0 aromatic heterocycles. The van der Waals surface area contributed by atoms with E-state index in [-0.39, 0.29) is 0 Å². The lowest BCUT2D eigenvalue weighted by molar-refractivity contribution is 4.28. The lowest BCUT2D eigenvalue weighted by Crippen LogP contribution is -1.78. The summed E-state index contributed by atoms with van der Waals surface area (Å²) in [5.41, 5.74) is 0. The Balaban J connectivity index is 15.5. The van der Waals surface area contributed by atoms with E-state index >= 15 is 0 Å². The van der Waals surface area contributed by atoms with Gasteiger partial charge in [0.15, 0.2) is 0 Å². The van der Waals surface area contributed by atoms with Crippen molar-refractivity contribution in [3.8, 4) is 0 Å². The van der Waals surface area contributed by atoms with Gasteiger partial charge in [-0.15, -0.1) is 491 Å². The van der Waals surface area contributed by atoms with Crippen molar-refractivity contribution in [1.82, 2.24) is 0 Å². The van der Waals surface area contributed by atoms with E-state index in [1.807, 2.05) is 0 Å². The molecule has 0 heterocycles. The van der Waals surface area contributed by atoms with E-state index in [0.717, 1.165) is 7.96 Å². The van der Waals surface area contributed by atoms with E-state index in [1.165, 1.54) is 0 Å². The lowest BCUT2D eigenvalue weighted by Gasteiger charge is -2.65. The Labute approximate surface area is 855 Å². The second kappa shape index (κ2) is 85.7. The number of hydrogen-bond acceptors (Lipinski definition) is 0. The van der Waals surface area contributed by atoms with Crippen LogP contribution < -0.4 is 0 Å². The van der Waals surface area contributed by atoms with Gasteiger partial charge >= 0.3 is 0 Å². The zero-order valence-corrected chi connectivity index (χ0v) is 168. The minimum atomic E-state index is -0.719. The standard InChI is InChI=1S/H111P109/c1-56-84(57(2)3)98(85(58(4)5)59(6)7)105(99(86(60(8)9)61(10)11)87(62(12)13)63(14)15)108(104(96(80(48)49)81(50)51)97(82(52)53)83(54)55)109(106(100(88(64(16)17)65(18)19)89(66(20)21)67(22)23)101(90(68(24)25)69(26)27)91(70(28)29)71(30)31)107(102(92(72(32)33)73(34)35)93(74(36)37)75(38)39)103(94(76(40)41)77(42)43)95(78(44)45)79(46)47/h56H,1-55H2. The maximum atomic E-state index is 3.89. The highest BCUT2D eigenvalue weighted by atomic mass is 33.7. The van der Waals surface area contributed by atoms with Crippen molar-refractivity contribution in [1.29, 1.82) is 0 Å². The molecule has 0 aromatic carbocycles. The van der Waals surface area contributed by atoms with Crippen LogP contribution in [0.15, 0.2) is 0 Å². The van der Waals surface area contributed by atoms with Crippen molar-refractivity contribution in [2.24, 2.45) is 0 Å². The highest BCUT2D eigenvalue weighted by molar-refractivity contribution is 9.61. The monoisotopic (exact) mass is 3490 g/mol. The summed E-state index contributed by atoms with van der Waals surface area (Å²) in [5.74, 6) is 0. The maximum Gasteiger partial charge on any atom is -0.000000203 e. The van der Waals surface area contributed by atoms with E-state index in [9.17, 15) is 0 Å². The Kier molecular flexibility index (Phi) is 123. The van der Waals surface area contributed by atoms with E-state index in [1.54, 1.807) is 0 Å². The molecule has 0 bridgehead atoms. The normalized spacial score (nSPS) is 15.9.